The molecule has 2 fully saturated rings. The lowest BCUT2D eigenvalue weighted by Gasteiger charge is -2.42. The first-order chi connectivity index (χ1) is 12.5. The zero-order chi connectivity index (χ0) is 18.1. The molecule has 0 N–H and O–H groups in total. The van der Waals surface area contributed by atoms with Gasteiger partial charge in [-0.1, -0.05) is 0 Å². The van der Waals surface area contributed by atoms with Crippen molar-refractivity contribution >= 4 is 22.9 Å². The molecular formula is C18H24N4O3S. The molecule has 7 nitrogen and oxygen atoms in total. The molecule has 4 heterocycles. The smallest absolute Gasteiger partial charge is 0.253 e. The number of morpholine rings is 1. The molecule has 0 unspecified atom stereocenters. The summed E-state index contributed by atoms with van der Waals surface area (Å²) in [5.41, 5.74) is 0.303. The van der Waals surface area contributed by atoms with Crippen LogP contribution in [0.4, 0.5) is 5.69 Å². The van der Waals surface area contributed by atoms with Gasteiger partial charge in [-0.15, -0.1) is 11.3 Å². The number of aromatic nitrogens is 2. The average Bonchev–Trinajstić information content (AvgIpc) is 3.16. The van der Waals surface area contributed by atoms with E-state index in [-0.39, 0.29) is 12.5 Å². The molecule has 1 amide bonds. The van der Waals surface area contributed by atoms with E-state index >= 15 is 0 Å². The molecule has 1 atom stereocenters. The normalized spacial score (nSPS) is 25.0. The Morgan fingerprint density at radius 3 is 2.96 bits per heavy atom. The quantitative estimate of drug-likeness (QED) is 0.811. The maximum absolute atomic E-state index is 12.4. The number of anilines is 1. The van der Waals surface area contributed by atoms with Crippen molar-refractivity contribution in [1.29, 1.82) is 0 Å². The number of aryl methyl sites for hydroxylation is 2. The van der Waals surface area contributed by atoms with Crippen molar-refractivity contribution in [2.24, 2.45) is 7.05 Å². The third-order valence-corrected chi connectivity index (χ3v) is 5.84. The largest absolute Gasteiger partial charge is 0.377 e. The highest BCUT2D eigenvalue weighted by Gasteiger charge is 2.43. The van der Waals surface area contributed by atoms with E-state index in [1.807, 2.05) is 24.6 Å². The van der Waals surface area contributed by atoms with Gasteiger partial charge in [0.25, 0.3) is 5.91 Å². The zero-order valence-electron chi connectivity index (χ0n) is 15.2. The molecule has 0 bridgehead atoms. The fourth-order valence-electron chi connectivity index (χ4n) is 3.59. The maximum atomic E-state index is 12.4. The Kier molecular flexibility index (Phi) is 4.83. The van der Waals surface area contributed by atoms with Crippen LogP contribution < -0.4 is 4.90 Å². The molecule has 1 spiro atoms. The molecule has 2 saturated heterocycles. The Morgan fingerprint density at radius 2 is 2.23 bits per heavy atom. The Morgan fingerprint density at radius 1 is 1.35 bits per heavy atom. The number of amides is 1. The molecule has 2 aromatic heterocycles. The minimum Gasteiger partial charge on any atom is -0.377 e. The highest BCUT2D eigenvalue weighted by atomic mass is 32.1. The van der Waals surface area contributed by atoms with Crippen LogP contribution in [0.1, 0.15) is 9.75 Å². The van der Waals surface area contributed by atoms with Crippen molar-refractivity contribution < 1.29 is 14.3 Å². The number of carbonyl (C=O) groups is 1. The first kappa shape index (κ1) is 17.7. The summed E-state index contributed by atoms with van der Waals surface area (Å²) in [5.74, 6) is -0.0340. The van der Waals surface area contributed by atoms with Crippen molar-refractivity contribution in [3.05, 3.63) is 34.3 Å². The molecule has 0 saturated carbocycles. The van der Waals surface area contributed by atoms with Gasteiger partial charge >= 0.3 is 0 Å². The predicted octanol–water partition coefficient (Wildman–Crippen LogP) is 1.42. The van der Waals surface area contributed by atoms with Gasteiger partial charge < -0.3 is 14.4 Å². The minimum atomic E-state index is -0.507. The first-order valence-corrected chi connectivity index (χ1v) is 9.63. The second-order valence-corrected chi connectivity index (χ2v) is 8.47. The van der Waals surface area contributed by atoms with Crippen molar-refractivity contribution in [1.82, 2.24) is 14.7 Å². The Labute approximate surface area is 157 Å². The summed E-state index contributed by atoms with van der Waals surface area (Å²) in [6.07, 6.45) is 3.58. The van der Waals surface area contributed by atoms with Gasteiger partial charge in [-0.3, -0.25) is 14.4 Å². The number of rotatable bonds is 3. The summed E-state index contributed by atoms with van der Waals surface area (Å²) in [4.78, 5) is 19.2. The molecular weight excluding hydrogens is 352 g/mol. The zero-order valence-corrected chi connectivity index (χ0v) is 16.0. The number of hydrogen-bond donors (Lipinski definition) is 0. The third-order valence-electron chi connectivity index (χ3n) is 4.86. The molecule has 8 heteroatoms. The third kappa shape index (κ3) is 3.68. The number of hydrogen-bond acceptors (Lipinski definition) is 6. The van der Waals surface area contributed by atoms with Gasteiger partial charge in [0.2, 0.25) is 0 Å². The van der Waals surface area contributed by atoms with Crippen LogP contribution in [-0.2, 0) is 27.9 Å². The fraction of sp³-hybridized carbons (Fsp3) is 0.556. The van der Waals surface area contributed by atoms with Crippen LogP contribution in [0.2, 0.25) is 0 Å². The van der Waals surface area contributed by atoms with Gasteiger partial charge in [0.1, 0.15) is 12.2 Å². The Hall–Kier alpha value is -1.74. The van der Waals surface area contributed by atoms with Crippen LogP contribution in [0.15, 0.2) is 24.5 Å². The monoisotopic (exact) mass is 376 g/mol. The Bertz CT molecular complexity index is 789. The Balaban J connectivity index is 1.52. The molecule has 0 aromatic carbocycles. The highest BCUT2D eigenvalue weighted by Crippen LogP contribution is 2.28. The number of thiophene rings is 1. The van der Waals surface area contributed by atoms with Gasteiger partial charge in [0, 0.05) is 42.6 Å². The van der Waals surface area contributed by atoms with Crippen molar-refractivity contribution in [3.8, 4) is 0 Å². The lowest BCUT2D eigenvalue weighted by atomic mass is 10.0. The number of carbonyl (C=O) groups excluding carboxylic acids is 1. The summed E-state index contributed by atoms with van der Waals surface area (Å²) >= 11 is 1.82. The molecule has 140 valence electrons. The second kappa shape index (κ2) is 7.11. The van der Waals surface area contributed by atoms with Gasteiger partial charge in [-0.25, -0.2) is 0 Å². The predicted molar refractivity (Wildman–Crippen MR) is 99.4 cm³/mol. The van der Waals surface area contributed by atoms with Crippen LogP contribution >= 0.6 is 11.3 Å². The molecule has 2 aliphatic rings. The van der Waals surface area contributed by atoms with Gasteiger partial charge in [-0.2, -0.15) is 5.10 Å². The van der Waals surface area contributed by atoms with Crippen LogP contribution in [0.3, 0.4) is 0 Å². The molecule has 2 aliphatic heterocycles. The topological polar surface area (TPSA) is 59.8 Å². The van der Waals surface area contributed by atoms with Crippen LogP contribution in [0.5, 0.6) is 0 Å². The average molecular weight is 376 g/mol. The molecule has 4 rings (SSSR count). The van der Waals surface area contributed by atoms with E-state index in [0.29, 0.717) is 19.8 Å². The molecule has 0 radical (unpaired) electrons. The van der Waals surface area contributed by atoms with E-state index in [2.05, 4.69) is 29.1 Å². The maximum Gasteiger partial charge on any atom is 0.253 e. The molecule has 2 aromatic rings. The van der Waals surface area contributed by atoms with Crippen molar-refractivity contribution in [2.75, 3.05) is 44.4 Å². The second-order valence-electron chi connectivity index (χ2n) is 7.10. The van der Waals surface area contributed by atoms with Crippen LogP contribution in [0, 0.1) is 6.92 Å². The summed E-state index contributed by atoms with van der Waals surface area (Å²) in [5, 5.41) is 4.19. The summed E-state index contributed by atoms with van der Waals surface area (Å²) in [7, 11) is 1.85. The van der Waals surface area contributed by atoms with E-state index in [9.17, 15) is 4.79 Å². The van der Waals surface area contributed by atoms with Crippen LogP contribution in [-0.4, -0.2) is 65.6 Å². The van der Waals surface area contributed by atoms with Gasteiger partial charge in [-0.05, 0) is 19.1 Å². The van der Waals surface area contributed by atoms with Crippen LogP contribution in [0.25, 0.3) is 0 Å². The van der Waals surface area contributed by atoms with E-state index in [0.717, 1.165) is 25.3 Å². The summed E-state index contributed by atoms with van der Waals surface area (Å²) in [6, 6.07) is 4.34. The number of nitrogens with zero attached hydrogens (tertiary/aromatic N) is 4. The first-order valence-electron chi connectivity index (χ1n) is 8.81. The fourth-order valence-corrected chi connectivity index (χ4v) is 4.52. The van der Waals surface area contributed by atoms with E-state index < -0.39 is 5.60 Å². The highest BCUT2D eigenvalue weighted by molar-refractivity contribution is 7.11. The van der Waals surface area contributed by atoms with E-state index in [4.69, 9.17) is 9.47 Å². The number of ether oxygens (including phenoxy) is 2. The summed E-state index contributed by atoms with van der Waals surface area (Å²) < 4.78 is 13.6. The molecule has 0 aliphatic carbocycles. The van der Waals surface area contributed by atoms with E-state index in [1.165, 1.54) is 9.75 Å². The lowest BCUT2D eigenvalue weighted by molar-refractivity contribution is -0.146. The van der Waals surface area contributed by atoms with Crippen molar-refractivity contribution in [3.63, 3.8) is 0 Å². The molecule has 26 heavy (non-hydrogen) atoms. The summed E-state index contributed by atoms with van der Waals surface area (Å²) in [6.45, 7) is 6.35. The van der Waals surface area contributed by atoms with Crippen molar-refractivity contribution in [2.45, 2.75) is 19.1 Å². The minimum absolute atomic E-state index is 0.0340. The van der Waals surface area contributed by atoms with E-state index in [1.54, 1.807) is 15.8 Å². The van der Waals surface area contributed by atoms with Gasteiger partial charge in [0.05, 0.1) is 31.6 Å². The SMILES string of the molecule is Cc1ccc(CN2CCOC[C@]3(C2)CN(c2cnn(C)c2)C(=O)CO3)s1. The van der Waals surface area contributed by atoms with Gasteiger partial charge in [0.15, 0.2) is 0 Å². The standard InChI is InChI=1S/C18H24N4O3S/c1-14-3-4-16(26-14)9-21-5-6-24-13-18(11-21)12-22(17(23)10-25-18)15-7-19-20(2)8-15/h3-4,7-8H,5-6,9-13H2,1-2H3/t18-/m0/s1. The lowest BCUT2D eigenvalue weighted by Crippen LogP contribution is -2.60.